The van der Waals surface area contributed by atoms with Gasteiger partial charge in [0.15, 0.2) is 0 Å². The number of likely N-dealkylation sites (tertiary alicyclic amines) is 1. The van der Waals surface area contributed by atoms with Crippen molar-refractivity contribution in [3.63, 3.8) is 0 Å². The number of anilines is 1. The van der Waals surface area contributed by atoms with Crippen molar-refractivity contribution in [2.24, 2.45) is 0 Å². The fourth-order valence-electron chi connectivity index (χ4n) is 4.14. The summed E-state index contributed by atoms with van der Waals surface area (Å²) in [5, 5.41) is 0. The number of esters is 1. The summed E-state index contributed by atoms with van der Waals surface area (Å²) >= 11 is 0. The Labute approximate surface area is 179 Å². The highest BCUT2D eigenvalue weighted by Crippen LogP contribution is 2.36. The quantitative estimate of drug-likeness (QED) is 0.607. The fourth-order valence-corrected chi connectivity index (χ4v) is 4.14. The molecule has 30 heavy (non-hydrogen) atoms. The lowest BCUT2D eigenvalue weighted by Crippen LogP contribution is -2.62. The van der Waals surface area contributed by atoms with Crippen LogP contribution in [0.3, 0.4) is 0 Å². The van der Waals surface area contributed by atoms with Crippen LogP contribution in [0.1, 0.15) is 45.1 Å². The van der Waals surface area contributed by atoms with Crippen LogP contribution in [-0.2, 0) is 20.9 Å². The molecule has 0 aliphatic carbocycles. The first-order valence-corrected chi connectivity index (χ1v) is 10.9. The molecule has 1 heterocycles. The monoisotopic (exact) mass is 408 g/mol. The Morgan fingerprint density at radius 1 is 0.967 bits per heavy atom. The first-order valence-electron chi connectivity index (χ1n) is 10.9. The number of ether oxygens (including phenoxy) is 1. The van der Waals surface area contributed by atoms with Gasteiger partial charge < -0.3 is 4.74 Å². The van der Waals surface area contributed by atoms with Crippen LogP contribution in [0.5, 0.6) is 0 Å². The van der Waals surface area contributed by atoms with Crippen molar-refractivity contribution in [3.05, 3.63) is 66.2 Å². The molecule has 0 radical (unpaired) electrons. The van der Waals surface area contributed by atoms with E-state index in [0.717, 1.165) is 31.7 Å². The maximum Gasteiger partial charge on any atom is 0.332 e. The Morgan fingerprint density at radius 2 is 1.57 bits per heavy atom. The molecule has 3 rings (SSSR count). The second kappa shape index (κ2) is 10.4. The molecule has 1 aliphatic heterocycles. The van der Waals surface area contributed by atoms with Crippen molar-refractivity contribution >= 4 is 17.6 Å². The number of rotatable bonds is 8. The summed E-state index contributed by atoms with van der Waals surface area (Å²) in [6.45, 7) is 6.50. The Hall–Kier alpha value is -2.66. The number of hydrogen-bond donors (Lipinski definition) is 0. The normalized spacial score (nSPS) is 16.1. The summed E-state index contributed by atoms with van der Waals surface area (Å²) in [5.74, 6) is -0.333. The maximum atomic E-state index is 13.3. The summed E-state index contributed by atoms with van der Waals surface area (Å²) in [6.07, 6.45) is 2.21. The summed E-state index contributed by atoms with van der Waals surface area (Å²) < 4.78 is 5.63. The van der Waals surface area contributed by atoms with Crippen LogP contribution in [0.25, 0.3) is 0 Å². The molecule has 1 fully saturated rings. The number of para-hydroxylation sites is 1. The van der Waals surface area contributed by atoms with Crippen molar-refractivity contribution in [2.45, 2.75) is 51.6 Å². The van der Waals surface area contributed by atoms with Crippen LogP contribution in [0.15, 0.2) is 60.7 Å². The lowest BCUT2D eigenvalue weighted by atomic mass is 9.84. The smallest absolute Gasteiger partial charge is 0.332 e. The Morgan fingerprint density at radius 3 is 2.13 bits per heavy atom. The molecule has 160 valence electrons. The van der Waals surface area contributed by atoms with E-state index >= 15 is 0 Å². The molecule has 5 nitrogen and oxygen atoms in total. The number of nitrogens with zero attached hydrogens (tertiary/aromatic N) is 2. The molecule has 0 saturated carbocycles. The molecule has 2 aromatic carbocycles. The predicted molar refractivity (Wildman–Crippen MR) is 119 cm³/mol. The van der Waals surface area contributed by atoms with Gasteiger partial charge in [-0.2, -0.15) is 0 Å². The summed E-state index contributed by atoms with van der Waals surface area (Å²) in [4.78, 5) is 30.5. The highest BCUT2D eigenvalue weighted by Gasteiger charge is 2.50. The average molecular weight is 409 g/mol. The van der Waals surface area contributed by atoms with Gasteiger partial charge in [-0.15, -0.1) is 0 Å². The van der Waals surface area contributed by atoms with Crippen LogP contribution in [0, 0.1) is 0 Å². The summed E-state index contributed by atoms with van der Waals surface area (Å²) in [6, 6.07) is 19.9. The van der Waals surface area contributed by atoms with Gasteiger partial charge in [-0.05, 0) is 37.0 Å². The van der Waals surface area contributed by atoms with E-state index in [9.17, 15) is 9.59 Å². The zero-order valence-electron chi connectivity index (χ0n) is 18.0. The largest absolute Gasteiger partial charge is 0.464 e. The van der Waals surface area contributed by atoms with E-state index in [2.05, 4.69) is 17.0 Å². The second-order valence-electron chi connectivity index (χ2n) is 7.85. The Kier molecular flexibility index (Phi) is 7.63. The molecule has 1 amide bonds. The third kappa shape index (κ3) is 4.90. The number of carbonyl (C=O) groups excluding carboxylic acids is 2. The zero-order chi connectivity index (χ0) is 21.4. The SMILES string of the molecule is CCCOC(=O)C1(N(C(=O)CC)c2ccccc2)CCN(Cc2ccccc2)CC1. The third-order valence-electron chi connectivity index (χ3n) is 5.74. The average Bonchev–Trinajstić information content (AvgIpc) is 2.80. The molecule has 0 N–H and O–H groups in total. The van der Waals surface area contributed by atoms with Crippen LogP contribution >= 0.6 is 0 Å². The minimum absolute atomic E-state index is 0.0499. The molecule has 1 aliphatic rings. The van der Waals surface area contributed by atoms with Crippen LogP contribution in [-0.4, -0.2) is 42.0 Å². The predicted octanol–water partition coefficient (Wildman–Crippen LogP) is 4.42. The van der Waals surface area contributed by atoms with E-state index in [1.165, 1.54) is 5.56 Å². The van der Waals surface area contributed by atoms with Gasteiger partial charge in [0.1, 0.15) is 5.54 Å². The third-order valence-corrected chi connectivity index (χ3v) is 5.74. The van der Waals surface area contributed by atoms with Crippen molar-refractivity contribution in [2.75, 3.05) is 24.6 Å². The van der Waals surface area contributed by atoms with Crippen molar-refractivity contribution in [1.82, 2.24) is 4.90 Å². The van der Waals surface area contributed by atoms with Crippen LogP contribution in [0.4, 0.5) is 5.69 Å². The lowest BCUT2D eigenvalue weighted by molar-refractivity contribution is -0.154. The van der Waals surface area contributed by atoms with E-state index < -0.39 is 5.54 Å². The van der Waals surface area contributed by atoms with Crippen molar-refractivity contribution in [3.8, 4) is 0 Å². The van der Waals surface area contributed by atoms with Crippen molar-refractivity contribution < 1.29 is 14.3 Å². The van der Waals surface area contributed by atoms with E-state index in [1.807, 2.05) is 62.4 Å². The number of benzene rings is 2. The maximum absolute atomic E-state index is 13.3. The molecular formula is C25H32N2O3. The van der Waals surface area contributed by atoms with Crippen LogP contribution < -0.4 is 4.90 Å². The first kappa shape index (κ1) is 22.0. The molecular weight excluding hydrogens is 376 g/mol. The number of hydrogen-bond acceptors (Lipinski definition) is 4. The van der Waals surface area contributed by atoms with E-state index in [0.29, 0.717) is 25.9 Å². The van der Waals surface area contributed by atoms with Crippen LogP contribution in [0.2, 0.25) is 0 Å². The summed E-state index contributed by atoms with van der Waals surface area (Å²) in [5.41, 5.74) is 1.05. The fraction of sp³-hybridized carbons (Fsp3) is 0.440. The first-order chi connectivity index (χ1) is 14.6. The minimum Gasteiger partial charge on any atom is -0.464 e. The van der Waals surface area contributed by atoms with Crippen molar-refractivity contribution in [1.29, 1.82) is 0 Å². The Balaban J connectivity index is 1.88. The van der Waals surface area contributed by atoms with Gasteiger partial charge >= 0.3 is 5.97 Å². The highest BCUT2D eigenvalue weighted by atomic mass is 16.5. The summed E-state index contributed by atoms with van der Waals surface area (Å²) in [7, 11) is 0. The van der Waals surface area contributed by atoms with Gasteiger partial charge in [0.05, 0.1) is 6.61 Å². The molecule has 0 aromatic heterocycles. The topological polar surface area (TPSA) is 49.9 Å². The van der Waals surface area contributed by atoms with E-state index in [4.69, 9.17) is 4.74 Å². The molecule has 5 heteroatoms. The molecule has 0 bridgehead atoms. The lowest BCUT2D eigenvalue weighted by Gasteiger charge is -2.46. The Bertz CT molecular complexity index is 815. The molecule has 0 spiro atoms. The van der Waals surface area contributed by atoms with Gasteiger partial charge in [0.25, 0.3) is 0 Å². The van der Waals surface area contributed by atoms with E-state index in [1.54, 1.807) is 4.90 Å². The zero-order valence-corrected chi connectivity index (χ0v) is 18.0. The number of amides is 1. The van der Waals surface area contributed by atoms with Gasteiger partial charge in [-0.3, -0.25) is 14.6 Å². The van der Waals surface area contributed by atoms with Gasteiger partial charge in [-0.25, -0.2) is 4.79 Å². The van der Waals surface area contributed by atoms with Gasteiger partial charge in [0.2, 0.25) is 5.91 Å². The van der Waals surface area contributed by atoms with E-state index in [-0.39, 0.29) is 11.9 Å². The van der Waals surface area contributed by atoms with Gasteiger partial charge in [-0.1, -0.05) is 62.4 Å². The van der Waals surface area contributed by atoms with Gasteiger partial charge in [0, 0.05) is 31.7 Å². The minimum atomic E-state index is -0.962. The standard InChI is InChI=1S/C25H32N2O3/c1-3-19-30-24(29)25(27(23(28)4-2)22-13-9-6-10-14-22)15-17-26(18-16-25)20-21-11-7-5-8-12-21/h5-14H,3-4,15-20H2,1-2H3. The molecule has 1 saturated heterocycles. The molecule has 0 atom stereocenters. The number of piperidine rings is 1. The molecule has 2 aromatic rings. The second-order valence-corrected chi connectivity index (χ2v) is 7.85. The highest BCUT2D eigenvalue weighted by molar-refractivity contribution is 6.02. The number of carbonyl (C=O) groups is 2. The molecule has 0 unspecified atom stereocenters.